The summed E-state index contributed by atoms with van der Waals surface area (Å²) in [4.78, 5) is 0. The van der Waals surface area contributed by atoms with Gasteiger partial charge in [-0.1, -0.05) is 48.0 Å². The first-order valence-corrected chi connectivity index (χ1v) is 8.71. The van der Waals surface area contributed by atoms with Gasteiger partial charge in [0.05, 0.1) is 0 Å². The molecule has 0 saturated carbocycles. The second-order valence-corrected chi connectivity index (χ2v) is 7.51. The van der Waals surface area contributed by atoms with Gasteiger partial charge in [-0.15, -0.1) is 0 Å². The molecule has 5 heteroatoms. The Morgan fingerprint density at radius 3 is 2.18 bits per heavy atom. The molecule has 0 saturated heterocycles. The Hall–Kier alpha value is -1.61. The van der Waals surface area contributed by atoms with Crippen LogP contribution in [0.3, 0.4) is 0 Å². The second kappa shape index (κ2) is 7.10. The summed E-state index contributed by atoms with van der Waals surface area (Å²) in [5.41, 5.74) is 4.03. The summed E-state index contributed by atoms with van der Waals surface area (Å²) in [7, 11) is -0.508. The van der Waals surface area contributed by atoms with E-state index < -0.39 is 13.4 Å². The van der Waals surface area contributed by atoms with Crippen molar-refractivity contribution < 1.29 is 13.6 Å². The minimum atomic E-state index is -3.32. The fourth-order valence-corrected chi connectivity index (χ4v) is 3.79. The van der Waals surface area contributed by atoms with E-state index >= 15 is 0 Å². The summed E-state index contributed by atoms with van der Waals surface area (Å²) in [5, 5.41) is 3.32. The quantitative estimate of drug-likeness (QED) is 0.769. The second-order valence-electron chi connectivity index (χ2n) is 5.18. The van der Waals surface area contributed by atoms with E-state index in [2.05, 4.69) is 11.4 Å². The van der Waals surface area contributed by atoms with E-state index in [-0.39, 0.29) is 0 Å². The third-order valence-corrected chi connectivity index (χ3v) is 5.69. The molecule has 0 aliphatic heterocycles. The van der Waals surface area contributed by atoms with Crippen LogP contribution in [0.2, 0.25) is 0 Å². The fourth-order valence-electron chi connectivity index (χ4n) is 2.39. The molecule has 0 aliphatic rings. The maximum absolute atomic E-state index is 12.9. The van der Waals surface area contributed by atoms with Crippen LogP contribution >= 0.6 is 7.60 Å². The predicted octanol–water partition coefficient (Wildman–Crippen LogP) is 4.90. The topological polar surface area (TPSA) is 47.6 Å². The number of aryl methyl sites for hydroxylation is 2. The summed E-state index contributed by atoms with van der Waals surface area (Å²) in [6.07, 6.45) is 0. The van der Waals surface area contributed by atoms with Gasteiger partial charge >= 0.3 is 7.60 Å². The monoisotopic (exact) mass is 319 g/mol. The van der Waals surface area contributed by atoms with Gasteiger partial charge in [0, 0.05) is 19.9 Å². The van der Waals surface area contributed by atoms with E-state index in [4.69, 9.17) is 9.05 Å². The zero-order valence-electron chi connectivity index (χ0n) is 13.4. The highest BCUT2D eigenvalue weighted by molar-refractivity contribution is 7.54. The Labute approximate surface area is 132 Å². The van der Waals surface area contributed by atoms with Gasteiger partial charge in [0.2, 0.25) is 0 Å². The lowest BCUT2D eigenvalue weighted by Gasteiger charge is -2.27. The SMILES string of the molecule is COP(=O)(OC)C(Nc1ccc(C)cc1C)c1ccccc1. The number of hydrogen-bond acceptors (Lipinski definition) is 4. The minimum Gasteiger partial charge on any atom is -0.368 e. The lowest BCUT2D eigenvalue weighted by atomic mass is 10.1. The molecule has 4 nitrogen and oxygen atoms in total. The minimum absolute atomic E-state index is 0.565. The van der Waals surface area contributed by atoms with E-state index in [0.29, 0.717) is 0 Å². The van der Waals surface area contributed by atoms with Crippen molar-refractivity contribution in [1.82, 2.24) is 0 Å². The van der Waals surface area contributed by atoms with Crippen LogP contribution in [0.4, 0.5) is 5.69 Å². The molecule has 0 bridgehead atoms. The van der Waals surface area contributed by atoms with Gasteiger partial charge in [0.25, 0.3) is 0 Å². The van der Waals surface area contributed by atoms with Crippen molar-refractivity contribution >= 4 is 13.3 Å². The highest BCUT2D eigenvalue weighted by Gasteiger charge is 2.35. The molecule has 1 atom stereocenters. The van der Waals surface area contributed by atoms with Gasteiger partial charge in [-0.05, 0) is 31.0 Å². The van der Waals surface area contributed by atoms with E-state index in [0.717, 1.165) is 16.8 Å². The van der Waals surface area contributed by atoms with E-state index in [1.54, 1.807) is 0 Å². The maximum Gasteiger partial charge on any atom is 0.356 e. The van der Waals surface area contributed by atoms with Crippen LogP contribution in [0.25, 0.3) is 0 Å². The molecule has 0 radical (unpaired) electrons. The average molecular weight is 319 g/mol. The average Bonchev–Trinajstić information content (AvgIpc) is 2.54. The van der Waals surface area contributed by atoms with Gasteiger partial charge in [0.1, 0.15) is 0 Å². The molecule has 2 aromatic carbocycles. The lowest BCUT2D eigenvalue weighted by molar-refractivity contribution is 0.268. The Balaban J connectivity index is 2.43. The standard InChI is InChI=1S/C17H22NO3P/c1-13-10-11-16(14(2)12-13)18-17(22(19,20-3)21-4)15-8-6-5-7-9-15/h5-12,17-18H,1-4H3. The van der Waals surface area contributed by atoms with Crippen LogP contribution in [0.5, 0.6) is 0 Å². The van der Waals surface area contributed by atoms with Crippen LogP contribution in [0, 0.1) is 13.8 Å². The number of hydrogen-bond donors (Lipinski definition) is 1. The van der Waals surface area contributed by atoms with E-state index in [1.807, 2.05) is 56.3 Å². The summed E-state index contributed by atoms with van der Waals surface area (Å²) in [5.74, 6) is -0.565. The van der Waals surface area contributed by atoms with Crippen LogP contribution in [0.15, 0.2) is 48.5 Å². The number of nitrogens with one attached hydrogen (secondary N) is 1. The highest BCUT2D eigenvalue weighted by atomic mass is 31.2. The number of anilines is 1. The van der Waals surface area contributed by atoms with Crippen molar-refractivity contribution in [2.75, 3.05) is 19.5 Å². The molecule has 118 valence electrons. The molecular formula is C17H22NO3P. The van der Waals surface area contributed by atoms with Crippen molar-refractivity contribution in [3.63, 3.8) is 0 Å². The molecule has 2 rings (SSSR count). The maximum atomic E-state index is 12.9. The Bertz CT molecular complexity index is 665. The molecule has 1 N–H and O–H groups in total. The zero-order valence-corrected chi connectivity index (χ0v) is 14.3. The van der Waals surface area contributed by atoms with Crippen molar-refractivity contribution in [3.8, 4) is 0 Å². The van der Waals surface area contributed by atoms with Crippen LogP contribution in [-0.4, -0.2) is 14.2 Å². The molecule has 2 aromatic rings. The zero-order chi connectivity index (χ0) is 16.2. The van der Waals surface area contributed by atoms with E-state index in [9.17, 15) is 4.57 Å². The van der Waals surface area contributed by atoms with Gasteiger partial charge < -0.3 is 14.4 Å². The molecule has 22 heavy (non-hydrogen) atoms. The van der Waals surface area contributed by atoms with Crippen LogP contribution in [-0.2, 0) is 13.6 Å². The fraction of sp³-hybridized carbons (Fsp3) is 0.294. The first-order chi connectivity index (χ1) is 10.5. The third-order valence-electron chi connectivity index (χ3n) is 3.61. The molecule has 0 spiro atoms. The Morgan fingerprint density at radius 2 is 1.64 bits per heavy atom. The molecule has 0 aromatic heterocycles. The molecule has 0 heterocycles. The van der Waals surface area contributed by atoms with Crippen LogP contribution in [0.1, 0.15) is 22.5 Å². The lowest BCUT2D eigenvalue weighted by Crippen LogP contribution is -2.14. The van der Waals surface area contributed by atoms with Crippen molar-refractivity contribution in [3.05, 3.63) is 65.2 Å². The van der Waals surface area contributed by atoms with Gasteiger partial charge in [-0.2, -0.15) is 0 Å². The first kappa shape index (κ1) is 16.8. The summed E-state index contributed by atoms with van der Waals surface area (Å²) in [6, 6.07) is 15.6. The smallest absolute Gasteiger partial charge is 0.356 e. The first-order valence-electron chi connectivity index (χ1n) is 7.10. The Morgan fingerprint density at radius 1 is 1.00 bits per heavy atom. The third kappa shape index (κ3) is 3.58. The largest absolute Gasteiger partial charge is 0.368 e. The number of rotatable bonds is 6. The number of benzene rings is 2. The van der Waals surface area contributed by atoms with E-state index in [1.165, 1.54) is 19.8 Å². The Kier molecular flexibility index (Phi) is 5.41. The molecule has 1 unspecified atom stereocenters. The molecule has 0 amide bonds. The summed E-state index contributed by atoms with van der Waals surface area (Å²) < 4.78 is 23.3. The predicted molar refractivity (Wildman–Crippen MR) is 90.3 cm³/mol. The summed E-state index contributed by atoms with van der Waals surface area (Å²) >= 11 is 0. The van der Waals surface area contributed by atoms with Gasteiger partial charge in [0.15, 0.2) is 5.78 Å². The van der Waals surface area contributed by atoms with Gasteiger partial charge in [-0.3, -0.25) is 4.57 Å². The van der Waals surface area contributed by atoms with Crippen molar-refractivity contribution in [1.29, 1.82) is 0 Å². The molecule has 0 fully saturated rings. The normalized spacial score (nSPS) is 12.9. The van der Waals surface area contributed by atoms with Gasteiger partial charge in [-0.25, -0.2) is 0 Å². The molecule has 0 aliphatic carbocycles. The van der Waals surface area contributed by atoms with Crippen LogP contribution < -0.4 is 5.32 Å². The highest BCUT2D eigenvalue weighted by Crippen LogP contribution is 2.59. The van der Waals surface area contributed by atoms with Crippen molar-refractivity contribution in [2.45, 2.75) is 19.6 Å². The molecular weight excluding hydrogens is 297 g/mol. The summed E-state index contributed by atoms with van der Waals surface area (Å²) in [6.45, 7) is 4.06. The van der Waals surface area contributed by atoms with Crippen molar-refractivity contribution in [2.24, 2.45) is 0 Å².